The molecule has 1 saturated carbocycles. The van der Waals surface area contributed by atoms with Gasteiger partial charge in [-0.15, -0.1) is 16.7 Å². The fraction of sp³-hybridized carbons (Fsp3) is 0.500. The highest BCUT2D eigenvalue weighted by atomic mass is 35.5. The van der Waals surface area contributed by atoms with Crippen molar-refractivity contribution in [1.82, 2.24) is 14.8 Å². The topological polar surface area (TPSA) is 140 Å². The molecule has 12 nitrogen and oxygen atoms in total. The molecule has 55 heavy (non-hydrogen) atoms. The minimum atomic E-state index is -1.51. The van der Waals surface area contributed by atoms with Crippen molar-refractivity contribution in [3.8, 4) is 17.2 Å². The molecule has 5 bridgehead atoms. The van der Waals surface area contributed by atoms with Gasteiger partial charge in [-0.2, -0.15) is 0 Å². The molecule has 1 aliphatic carbocycles. The molecule has 1 aromatic carbocycles. The van der Waals surface area contributed by atoms with Crippen LogP contribution in [0.25, 0.3) is 11.8 Å². The van der Waals surface area contributed by atoms with Crippen molar-refractivity contribution in [1.29, 1.82) is 0 Å². The van der Waals surface area contributed by atoms with Gasteiger partial charge < -0.3 is 29.0 Å². The first-order valence-corrected chi connectivity index (χ1v) is 19.3. The van der Waals surface area contributed by atoms with E-state index >= 15 is 0 Å². The molecular weight excluding hydrogens is 724 g/mol. The number of ketones is 1. The molecule has 6 aliphatic rings. The number of nitrogens with zero attached hydrogens (tertiary/aromatic N) is 3. The Morgan fingerprint density at radius 1 is 1.09 bits per heavy atom. The number of halogens is 1. The van der Waals surface area contributed by atoms with Crippen molar-refractivity contribution in [2.24, 2.45) is 5.41 Å². The molecule has 2 saturated heterocycles. The average Bonchev–Trinajstić information content (AvgIpc) is 3.82. The summed E-state index contributed by atoms with van der Waals surface area (Å²) in [6, 6.07) is -0.502. The molecule has 1 aromatic heterocycles. The highest BCUT2D eigenvalue weighted by molar-refractivity contribution is 6.26. The van der Waals surface area contributed by atoms with Gasteiger partial charge in [-0.3, -0.25) is 9.59 Å². The number of carbonyl (C=O) groups excluding carboxylic acids is 3. The molecule has 6 unspecified atom stereocenters. The van der Waals surface area contributed by atoms with Gasteiger partial charge in [0.25, 0.3) is 0 Å². The first-order valence-electron chi connectivity index (χ1n) is 18.8. The maximum Gasteiger partial charge on any atom is 0.333 e. The molecule has 6 atom stereocenters. The normalized spacial score (nSPS) is 31.1. The summed E-state index contributed by atoms with van der Waals surface area (Å²) in [6.45, 7) is 15.9. The fourth-order valence-electron chi connectivity index (χ4n) is 9.76. The van der Waals surface area contributed by atoms with Crippen LogP contribution in [0.5, 0.6) is 17.2 Å². The second-order valence-corrected chi connectivity index (χ2v) is 16.8. The number of benzene rings is 1. The van der Waals surface area contributed by atoms with E-state index in [-0.39, 0.29) is 30.3 Å². The third kappa shape index (κ3) is 5.09. The number of fused-ring (bicyclic) bond motifs is 7. The Hall–Kier alpha value is -4.68. The van der Waals surface area contributed by atoms with Gasteiger partial charge in [-0.1, -0.05) is 30.2 Å². The Bertz CT molecular complexity index is 2240. The molecule has 1 N–H and O–H groups in total. The van der Waals surface area contributed by atoms with E-state index in [2.05, 4.69) is 36.3 Å². The van der Waals surface area contributed by atoms with Crippen LogP contribution >= 0.6 is 11.6 Å². The minimum absolute atomic E-state index is 0.118. The molecule has 13 heteroatoms. The molecule has 8 rings (SSSR count). The van der Waals surface area contributed by atoms with Crippen LogP contribution in [0.2, 0.25) is 0 Å². The number of nitrogens with one attached hydrogen (secondary N) is 1. The zero-order valence-electron chi connectivity index (χ0n) is 32.8. The van der Waals surface area contributed by atoms with E-state index in [0.29, 0.717) is 58.3 Å². The largest absolute Gasteiger partial charge is 0.482 e. The highest BCUT2D eigenvalue weighted by Gasteiger charge is 2.88. The molecule has 2 spiro atoms. The monoisotopic (exact) mass is 770 g/mol. The van der Waals surface area contributed by atoms with Crippen molar-refractivity contribution in [2.45, 2.75) is 116 Å². The van der Waals surface area contributed by atoms with Crippen LogP contribution in [0.4, 0.5) is 5.95 Å². The number of rotatable bonds is 8. The number of carbonyl (C=O) groups is 3. The lowest BCUT2D eigenvalue weighted by Gasteiger charge is -2.53. The average molecular weight is 771 g/mol. The molecule has 5 aliphatic heterocycles. The second-order valence-electron chi connectivity index (χ2n) is 16.5. The van der Waals surface area contributed by atoms with Crippen molar-refractivity contribution in [2.75, 3.05) is 18.3 Å². The lowest BCUT2D eigenvalue weighted by atomic mass is 9.57. The van der Waals surface area contributed by atoms with Crippen molar-refractivity contribution < 1.29 is 38.1 Å². The van der Waals surface area contributed by atoms with Gasteiger partial charge in [-0.25, -0.2) is 14.5 Å². The lowest BCUT2D eigenvalue weighted by molar-refractivity contribution is -0.146. The Morgan fingerprint density at radius 3 is 2.51 bits per heavy atom. The highest BCUT2D eigenvalue weighted by Crippen LogP contribution is 2.76. The zero-order chi connectivity index (χ0) is 39.4. The Labute approximate surface area is 325 Å². The summed E-state index contributed by atoms with van der Waals surface area (Å²) in [5.74, 6) is -0.180. The van der Waals surface area contributed by atoms with Gasteiger partial charge in [0.1, 0.15) is 29.3 Å². The van der Waals surface area contributed by atoms with E-state index in [9.17, 15) is 14.4 Å². The van der Waals surface area contributed by atoms with Crippen LogP contribution in [-0.4, -0.2) is 68.4 Å². The maximum absolute atomic E-state index is 14.7. The van der Waals surface area contributed by atoms with Gasteiger partial charge in [0.05, 0.1) is 41.5 Å². The predicted octanol–water partition coefficient (Wildman–Crippen LogP) is 7.38. The number of methoxy groups -OCH3 is 1. The lowest BCUT2D eigenvalue weighted by Crippen LogP contribution is -2.64. The molecule has 3 fully saturated rings. The molecule has 0 amide bonds. The van der Waals surface area contributed by atoms with Gasteiger partial charge in [0.15, 0.2) is 22.7 Å². The summed E-state index contributed by atoms with van der Waals surface area (Å²) >= 11 is 6.11. The molecular formula is C42H47ClN4O8. The summed E-state index contributed by atoms with van der Waals surface area (Å²) in [5, 5.41) is 8.24. The van der Waals surface area contributed by atoms with Crippen LogP contribution in [-0.2, 0) is 30.3 Å². The van der Waals surface area contributed by atoms with Crippen molar-refractivity contribution in [3.63, 3.8) is 0 Å². The molecule has 6 heterocycles. The number of allylic oxidation sites excluding steroid dienone is 4. The van der Waals surface area contributed by atoms with E-state index in [1.807, 2.05) is 46.8 Å². The minimum Gasteiger partial charge on any atom is -0.482 e. The van der Waals surface area contributed by atoms with Crippen LogP contribution in [0.15, 0.2) is 52.4 Å². The van der Waals surface area contributed by atoms with Crippen LogP contribution < -0.4 is 19.5 Å². The van der Waals surface area contributed by atoms with E-state index in [0.717, 1.165) is 23.1 Å². The third-order valence-corrected chi connectivity index (χ3v) is 12.6. The first-order chi connectivity index (χ1) is 26.0. The van der Waals surface area contributed by atoms with Gasteiger partial charge >= 0.3 is 11.9 Å². The second kappa shape index (κ2) is 12.7. The number of aromatic nitrogens is 3. The first kappa shape index (κ1) is 37.3. The summed E-state index contributed by atoms with van der Waals surface area (Å²) < 4.78 is 34.7. The SMILES string of the molecule is COC(=O)/C(C)=C1\CC23OC1C(C)(CC2=O)C31Oc2c(CC=C(C)C)c3c(c(OC(=O)CCl)c2C2=C1C(C)n1cnc(n1)N2)C=CC(C)(CCC=C(C)C)O3. The Morgan fingerprint density at radius 2 is 1.84 bits per heavy atom. The number of anilines is 1. The fourth-order valence-corrected chi connectivity index (χ4v) is 9.82. The van der Waals surface area contributed by atoms with E-state index in [4.69, 9.17) is 40.4 Å². The number of alkyl halides is 1. The smallest absolute Gasteiger partial charge is 0.333 e. The molecule has 290 valence electrons. The van der Waals surface area contributed by atoms with E-state index in [1.165, 1.54) is 12.7 Å². The summed E-state index contributed by atoms with van der Waals surface area (Å²) in [5.41, 5.74) is 1.88. The number of hydrogen-bond donors (Lipinski definition) is 1. The number of ether oxygens (including phenoxy) is 5. The summed E-state index contributed by atoms with van der Waals surface area (Å²) in [6.07, 6.45) is 11.4. The molecule has 0 radical (unpaired) electrons. The van der Waals surface area contributed by atoms with Crippen LogP contribution in [0.1, 0.15) is 104 Å². The van der Waals surface area contributed by atoms with Gasteiger partial charge in [0.2, 0.25) is 5.95 Å². The third-order valence-electron chi connectivity index (χ3n) is 12.4. The summed E-state index contributed by atoms with van der Waals surface area (Å²) in [7, 11) is 1.35. The quantitative estimate of drug-likeness (QED) is 0.0946. The Kier molecular flexibility index (Phi) is 8.58. The molecule has 2 aromatic rings. The van der Waals surface area contributed by atoms with Gasteiger partial charge in [-0.05, 0) is 85.5 Å². The summed E-state index contributed by atoms with van der Waals surface area (Å²) in [4.78, 5) is 45.4. The zero-order valence-corrected chi connectivity index (χ0v) is 33.5. The maximum atomic E-state index is 14.7. The van der Waals surface area contributed by atoms with E-state index < -0.39 is 46.3 Å². The van der Waals surface area contributed by atoms with Gasteiger partial charge in [0, 0.05) is 29.6 Å². The standard InChI is InChI=1S/C42H47ClN4O8/c1-21(2)11-10-15-39(7)16-14-26-33(53-39)25(13-12-22(3)4)35-30(34(26)52-29(49)19-43)32-31(24(6)47-20-44-38(45-32)46-47)42(54-35)40(8)18-28(48)41(42)17-27(36(40)55-41)23(5)37(50)51-9/h11-12,14,16,20,24,36H,10,13,15,17-19H2,1-9H3,(H,45,46)/b27-23+. The van der Waals surface area contributed by atoms with Crippen molar-refractivity contribution in [3.05, 3.63) is 69.1 Å². The number of esters is 2. The number of Topliss-reactive ketones (excluding diaryl/α,β-unsaturated/α-hetero) is 1. The van der Waals surface area contributed by atoms with E-state index in [1.54, 1.807) is 17.9 Å². The van der Waals surface area contributed by atoms with Crippen LogP contribution in [0, 0.1) is 5.41 Å². The van der Waals surface area contributed by atoms with Crippen LogP contribution in [0.3, 0.4) is 0 Å². The Balaban J connectivity index is 1.45. The van der Waals surface area contributed by atoms with Crippen molar-refractivity contribution >= 4 is 47.0 Å². The number of hydrogen-bond acceptors (Lipinski definition) is 11. The predicted molar refractivity (Wildman–Crippen MR) is 206 cm³/mol.